The molecule has 1 unspecified atom stereocenters. The van der Waals surface area contributed by atoms with Gasteiger partial charge in [0.2, 0.25) is 10.0 Å². The third-order valence-corrected chi connectivity index (χ3v) is 7.71. The highest BCUT2D eigenvalue weighted by atomic mass is 32.2. The number of amides is 1. The van der Waals surface area contributed by atoms with E-state index in [9.17, 15) is 23.1 Å². The van der Waals surface area contributed by atoms with Gasteiger partial charge in [0.05, 0.1) is 31.2 Å². The van der Waals surface area contributed by atoms with Gasteiger partial charge in [0.25, 0.3) is 5.91 Å². The Morgan fingerprint density at radius 3 is 2.23 bits per heavy atom. The number of fused-ring (bicyclic) bond motifs is 1. The number of nitrogens with zero attached hydrogens (tertiary/aromatic N) is 2. The second kappa shape index (κ2) is 9.77. The Kier molecular flexibility index (Phi) is 6.77. The molecule has 35 heavy (non-hydrogen) atoms. The summed E-state index contributed by atoms with van der Waals surface area (Å²) in [4.78, 5) is 27.2. The van der Waals surface area contributed by atoms with Crippen LogP contribution in [0.2, 0.25) is 0 Å². The van der Waals surface area contributed by atoms with Crippen LogP contribution in [0, 0.1) is 0 Å². The summed E-state index contributed by atoms with van der Waals surface area (Å²) in [6, 6.07) is 17.6. The maximum atomic E-state index is 13.6. The lowest BCUT2D eigenvalue weighted by Crippen LogP contribution is -2.50. The number of carbonyl (C=O) groups is 2. The van der Waals surface area contributed by atoms with Gasteiger partial charge in [0.15, 0.2) is 0 Å². The van der Waals surface area contributed by atoms with Gasteiger partial charge in [-0.3, -0.25) is 9.59 Å². The summed E-state index contributed by atoms with van der Waals surface area (Å²) < 4.78 is 38.6. The SMILES string of the molecule is COc1ccc(S(=O)(=O)N2Cc3ccccc3N(C(=O)c3ccccc3OC)CC2C(=O)O)cc1. The highest BCUT2D eigenvalue weighted by Gasteiger charge is 2.42. The van der Waals surface area contributed by atoms with Crippen LogP contribution < -0.4 is 14.4 Å². The smallest absolute Gasteiger partial charge is 0.323 e. The van der Waals surface area contributed by atoms with Crippen molar-refractivity contribution in [2.45, 2.75) is 17.5 Å². The van der Waals surface area contributed by atoms with Gasteiger partial charge in [-0.25, -0.2) is 8.42 Å². The molecule has 3 aromatic rings. The standard InChI is InChI=1S/C25H24N2O7S/c1-33-18-11-13-19(14-12-18)35(31,32)27-15-17-7-3-5-9-21(17)26(16-22(27)25(29)30)24(28)20-8-4-6-10-23(20)34-2/h3-14,22H,15-16H2,1-2H3,(H,29,30). The normalized spacial score (nSPS) is 16.2. The number of carboxylic acids is 1. The van der Waals surface area contributed by atoms with E-state index in [1.807, 2.05) is 0 Å². The fourth-order valence-corrected chi connectivity index (χ4v) is 5.60. The molecule has 4 rings (SSSR count). The first-order valence-electron chi connectivity index (χ1n) is 10.7. The highest BCUT2D eigenvalue weighted by Crippen LogP contribution is 2.33. The average Bonchev–Trinajstić information content (AvgIpc) is 3.06. The van der Waals surface area contributed by atoms with Crippen LogP contribution in [0.4, 0.5) is 5.69 Å². The number of ether oxygens (including phenoxy) is 2. The number of aliphatic carboxylic acids is 1. The Morgan fingerprint density at radius 1 is 0.914 bits per heavy atom. The van der Waals surface area contributed by atoms with E-state index < -0.39 is 34.5 Å². The molecule has 1 atom stereocenters. The minimum atomic E-state index is -4.24. The molecule has 1 N–H and O–H groups in total. The number of carbonyl (C=O) groups excluding carboxylic acids is 1. The molecular formula is C25H24N2O7S. The van der Waals surface area contributed by atoms with Gasteiger partial charge in [-0.05, 0) is 48.0 Å². The summed E-state index contributed by atoms with van der Waals surface area (Å²) in [7, 11) is -1.34. The molecule has 182 valence electrons. The summed E-state index contributed by atoms with van der Waals surface area (Å²) in [6.07, 6.45) is 0. The van der Waals surface area contributed by atoms with Crippen LogP contribution in [0.1, 0.15) is 15.9 Å². The monoisotopic (exact) mass is 496 g/mol. The molecule has 1 aliphatic rings. The molecule has 0 fully saturated rings. The second-order valence-electron chi connectivity index (χ2n) is 7.82. The van der Waals surface area contributed by atoms with Crippen molar-refractivity contribution in [2.75, 3.05) is 25.7 Å². The summed E-state index contributed by atoms with van der Waals surface area (Å²) in [5.41, 5.74) is 1.17. The van der Waals surface area contributed by atoms with E-state index >= 15 is 0 Å². The zero-order valence-electron chi connectivity index (χ0n) is 19.1. The first-order chi connectivity index (χ1) is 16.8. The fourth-order valence-electron chi connectivity index (χ4n) is 4.04. The number of carboxylic acid groups (broad SMARTS) is 1. The van der Waals surface area contributed by atoms with Crippen molar-refractivity contribution in [3.63, 3.8) is 0 Å². The lowest BCUT2D eigenvalue weighted by molar-refractivity contribution is -0.141. The lowest BCUT2D eigenvalue weighted by Gasteiger charge is -2.28. The third kappa shape index (κ3) is 4.58. The maximum absolute atomic E-state index is 13.6. The minimum absolute atomic E-state index is 0.0773. The molecule has 1 aliphatic heterocycles. The molecule has 0 radical (unpaired) electrons. The summed E-state index contributed by atoms with van der Waals surface area (Å²) in [6.45, 7) is -0.615. The van der Waals surface area contributed by atoms with E-state index in [1.54, 1.807) is 48.5 Å². The fraction of sp³-hybridized carbons (Fsp3) is 0.200. The van der Waals surface area contributed by atoms with E-state index in [-0.39, 0.29) is 17.0 Å². The predicted molar refractivity (Wildman–Crippen MR) is 128 cm³/mol. The lowest BCUT2D eigenvalue weighted by atomic mass is 10.1. The van der Waals surface area contributed by atoms with Gasteiger partial charge in [-0.2, -0.15) is 4.31 Å². The molecule has 3 aromatic carbocycles. The van der Waals surface area contributed by atoms with Crippen molar-refractivity contribution in [1.29, 1.82) is 0 Å². The Bertz CT molecular complexity index is 1360. The predicted octanol–water partition coefficient (Wildman–Crippen LogP) is 3.01. The molecule has 0 saturated heterocycles. The van der Waals surface area contributed by atoms with E-state index in [2.05, 4.69) is 0 Å². The number of sulfonamides is 1. The van der Waals surface area contributed by atoms with Crippen molar-refractivity contribution < 1.29 is 32.6 Å². The van der Waals surface area contributed by atoms with E-state index in [4.69, 9.17) is 9.47 Å². The minimum Gasteiger partial charge on any atom is -0.497 e. The summed E-state index contributed by atoms with van der Waals surface area (Å²) >= 11 is 0. The highest BCUT2D eigenvalue weighted by molar-refractivity contribution is 7.89. The molecular weight excluding hydrogens is 472 g/mol. The molecule has 0 aliphatic carbocycles. The Balaban J connectivity index is 1.82. The van der Waals surface area contributed by atoms with Crippen LogP contribution in [0.3, 0.4) is 0 Å². The first kappa shape index (κ1) is 24.2. The van der Waals surface area contributed by atoms with Gasteiger partial charge in [-0.1, -0.05) is 30.3 Å². The van der Waals surface area contributed by atoms with Crippen LogP contribution in [-0.4, -0.2) is 56.5 Å². The van der Waals surface area contributed by atoms with Crippen LogP contribution in [-0.2, 0) is 21.4 Å². The van der Waals surface area contributed by atoms with E-state index in [0.29, 0.717) is 22.7 Å². The van der Waals surface area contributed by atoms with Crippen LogP contribution >= 0.6 is 0 Å². The number of hydrogen-bond donors (Lipinski definition) is 1. The quantitative estimate of drug-likeness (QED) is 0.558. The first-order valence-corrected chi connectivity index (χ1v) is 12.1. The van der Waals surface area contributed by atoms with E-state index in [0.717, 1.165) is 4.31 Å². The summed E-state index contributed by atoms with van der Waals surface area (Å²) in [5.74, 6) is -1.07. The van der Waals surface area contributed by atoms with Crippen molar-refractivity contribution in [3.8, 4) is 11.5 Å². The Labute approximate surface area is 203 Å². The third-order valence-electron chi connectivity index (χ3n) is 5.85. The number of benzene rings is 3. The molecule has 0 bridgehead atoms. The van der Waals surface area contributed by atoms with Gasteiger partial charge in [0.1, 0.15) is 17.5 Å². The van der Waals surface area contributed by atoms with Gasteiger partial charge < -0.3 is 19.5 Å². The van der Waals surface area contributed by atoms with Crippen LogP contribution in [0.15, 0.2) is 77.7 Å². The number of para-hydroxylation sites is 2. The largest absolute Gasteiger partial charge is 0.497 e. The average molecular weight is 497 g/mol. The molecule has 1 amide bonds. The van der Waals surface area contributed by atoms with Gasteiger partial charge >= 0.3 is 5.97 Å². The Morgan fingerprint density at radius 2 is 1.57 bits per heavy atom. The van der Waals surface area contributed by atoms with E-state index in [1.165, 1.54) is 43.4 Å². The second-order valence-corrected chi connectivity index (χ2v) is 9.72. The number of rotatable bonds is 6. The zero-order valence-corrected chi connectivity index (χ0v) is 19.9. The molecule has 0 saturated carbocycles. The zero-order chi connectivity index (χ0) is 25.2. The number of hydrogen-bond acceptors (Lipinski definition) is 6. The molecule has 0 aromatic heterocycles. The van der Waals surface area contributed by atoms with Gasteiger partial charge in [0, 0.05) is 12.2 Å². The molecule has 1 heterocycles. The van der Waals surface area contributed by atoms with Crippen molar-refractivity contribution >= 4 is 27.6 Å². The van der Waals surface area contributed by atoms with Crippen molar-refractivity contribution in [1.82, 2.24) is 4.31 Å². The maximum Gasteiger partial charge on any atom is 0.323 e. The molecule has 9 nitrogen and oxygen atoms in total. The number of anilines is 1. The van der Waals surface area contributed by atoms with Crippen molar-refractivity contribution in [2.24, 2.45) is 0 Å². The van der Waals surface area contributed by atoms with Crippen LogP contribution in [0.5, 0.6) is 11.5 Å². The molecule has 10 heteroatoms. The van der Waals surface area contributed by atoms with Crippen molar-refractivity contribution in [3.05, 3.63) is 83.9 Å². The summed E-state index contributed by atoms with van der Waals surface area (Å²) in [5, 5.41) is 10.1. The number of methoxy groups -OCH3 is 2. The van der Waals surface area contributed by atoms with Crippen LogP contribution in [0.25, 0.3) is 0 Å². The van der Waals surface area contributed by atoms with Gasteiger partial charge in [-0.15, -0.1) is 0 Å². The Hall–Kier alpha value is -3.89. The molecule has 0 spiro atoms. The topological polar surface area (TPSA) is 113 Å².